The van der Waals surface area contributed by atoms with E-state index in [-0.39, 0.29) is 16.5 Å². The van der Waals surface area contributed by atoms with E-state index in [9.17, 15) is 18.0 Å². The van der Waals surface area contributed by atoms with Crippen LogP contribution in [0.2, 0.25) is 0 Å². The van der Waals surface area contributed by atoms with Crippen LogP contribution in [0.3, 0.4) is 0 Å². The second-order valence-electron chi connectivity index (χ2n) is 6.02. The fraction of sp³-hybridized carbons (Fsp3) is 0.222. The van der Waals surface area contributed by atoms with Crippen molar-refractivity contribution >= 4 is 21.8 Å². The van der Waals surface area contributed by atoms with Crippen LogP contribution in [0.15, 0.2) is 53.4 Å². The lowest BCUT2D eigenvalue weighted by Gasteiger charge is -2.11. The van der Waals surface area contributed by atoms with Crippen LogP contribution in [0, 0.1) is 6.92 Å². The van der Waals surface area contributed by atoms with E-state index in [1.165, 1.54) is 24.3 Å². The van der Waals surface area contributed by atoms with E-state index >= 15 is 0 Å². The second-order valence-corrected chi connectivity index (χ2v) is 7.74. The summed E-state index contributed by atoms with van der Waals surface area (Å²) in [6, 6.07) is 12.2. The predicted octanol–water partition coefficient (Wildman–Crippen LogP) is 1.76. The van der Waals surface area contributed by atoms with E-state index in [0.717, 1.165) is 5.56 Å². The summed E-state index contributed by atoms with van der Waals surface area (Å²) in [5, 5.41) is 0. The van der Waals surface area contributed by atoms with Gasteiger partial charge in [-0.1, -0.05) is 18.2 Å². The van der Waals surface area contributed by atoms with Crippen molar-refractivity contribution < 1.29 is 18.0 Å². The molecule has 0 unspecified atom stereocenters. The summed E-state index contributed by atoms with van der Waals surface area (Å²) in [6.45, 7) is 5.23. The number of rotatable bonds is 5. The van der Waals surface area contributed by atoms with Crippen LogP contribution in [-0.4, -0.2) is 26.3 Å². The van der Waals surface area contributed by atoms with Gasteiger partial charge in [-0.05, 0) is 56.7 Å². The van der Waals surface area contributed by atoms with Gasteiger partial charge < -0.3 is 0 Å². The molecule has 0 fully saturated rings. The number of amides is 2. The molecule has 0 aliphatic rings. The molecule has 0 heterocycles. The maximum Gasteiger partial charge on any atom is 0.269 e. The summed E-state index contributed by atoms with van der Waals surface area (Å²) in [5.41, 5.74) is 6.11. The largest absolute Gasteiger partial charge is 0.269 e. The Labute approximate surface area is 152 Å². The molecule has 0 aliphatic carbocycles. The third-order valence-electron chi connectivity index (χ3n) is 3.50. The van der Waals surface area contributed by atoms with Crippen molar-refractivity contribution in [3.63, 3.8) is 0 Å². The van der Waals surface area contributed by atoms with Crippen molar-refractivity contribution in [2.45, 2.75) is 31.7 Å². The lowest BCUT2D eigenvalue weighted by atomic mass is 10.1. The molecule has 0 radical (unpaired) electrons. The standard InChI is InChI=1S/C18H21N3O4S/c1-12(2)21-26(24,25)15-10-8-14(9-11-15)17(22)19-20-18(23)16-7-5-4-6-13(16)3/h4-12,21H,1-3H3,(H,19,22)(H,20,23). The van der Waals surface area contributed by atoms with E-state index < -0.39 is 21.8 Å². The van der Waals surface area contributed by atoms with Crippen molar-refractivity contribution in [2.24, 2.45) is 0 Å². The van der Waals surface area contributed by atoms with E-state index in [2.05, 4.69) is 15.6 Å². The normalized spacial score (nSPS) is 11.2. The molecule has 0 aromatic heterocycles. The number of hydrazine groups is 1. The highest BCUT2D eigenvalue weighted by atomic mass is 32.2. The molecular weight excluding hydrogens is 354 g/mol. The number of hydrogen-bond donors (Lipinski definition) is 3. The van der Waals surface area contributed by atoms with Crippen LogP contribution in [0.5, 0.6) is 0 Å². The first-order chi connectivity index (χ1) is 12.2. The van der Waals surface area contributed by atoms with Crippen LogP contribution >= 0.6 is 0 Å². The monoisotopic (exact) mass is 375 g/mol. The van der Waals surface area contributed by atoms with Gasteiger partial charge in [0.1, 0.15) is 0 Å². The summed E-state index contributed by atoms with van der Waals surface area (Å²) >= 11 is 0. The van der Waals surface area contributed by atoms with E-state index in [1.54, 1.807) is 39.0 Å². The Morgan fingerprint density at radius 3 is 2.04 bits per heavy atom. The topological polar surface area (TPSA) is 104 Å². The van der Waals surface area contributed by atoms with Crippen molar-refractivity contribution in [3.8, 4) is 0 Å². The summed E-state index contributed by atoms with van der Waals surface area (Å²) in [4.78, 5) is 24.3. The van der Waals surface area contributed by atoms with Gasteiger partial charge in [-0.3, -0.25) is 20.4 Å². The van der Waals surface area contributed by atoms with Gasteiger partial charge in [0.05, 0.1) is 4.90 Å². The summed E-state index contributed by atoms with van der Waals surface area (Å²) < 4.78 is 26.6. The first-order valence-electron chi connectivity index (χ1n) is 7.99. The van der Waals surface area contributed by atoms with Crippen molar-refractivity contribution in [2.75, 3.05) is 0 Å². The molecule has 138 valence electrons. The first kappa shape index (κ1) is 19.6. The van der Waals surface area contributed by atoms with Gasteiger partial charge in [0, 0.05) is 17.2 Å². The zero-order valence-electron chi connectivity index (χ0n) is 14.7. The minimum atomic E-state index is -3.62. The van der Waals surface area contributed by atoms with Crippen LogP contribution in [0.1, 0.15) is 40.1 Å². The quantitative estimate of drug-likeness (QED) is 0.693. The van der Waals surface area contributed by atoms with Crippen molar-refractivity contribution in [1.29, 1.82) is 0 Å². The average molecular weight is 375 g/mol. The molecule has 2 aromatic carbocycles. The Balaban J connectivity index is 2.02. The Bertz CT molecular complexity index is 906. The molecule has 0 atom stereocenters. The fourth-order valence-electron chi connectivity index (χ4n) is 2.24. The Hall–Kier alpha value is -2.71. The lowest BCUT2D eigenvalue weighted by molar-refractivity contribution is 0.0846. The zero-order valence-corrected chi connectivity index (χ0v) is 15.6. The number of carbonyl (C=O) groups excluding carboxylic acids is 2. The molecular formula is C18H21N3O4S. The lowest BCUT2D eigenvalue weighted by Crippen LogP contribution is -2.41. The Morgan fingerprint density at radius 1 is 0.885 bits per heavy atom. The van der Waals surface area contributed by atoms with Crippen LogP contribution < -0.4 is 15.6 Å². The highest BCUT2D eigenvalue weighted by molar-refractivity contribution is 7.89. The van der Waals surface area contributed by atoms with E-state index in [0.29, 0.717) is 5.56 Å². The van der Waals surface area contributed by atoms with E-state index in [4.69, 9.17) is 0 Å². The third-order valence-corrected chi connectivity index (χ3v) is 5.17. The maximum atomic E-state index is 12.1. The SMILES string of the molecule is Cc1ccccc1C(=O)NNC(=O)c1ccc(S(=O)(=O)NC(C)C)cc1. The molecule has 3 N–H and O–H groups in total. The summed E-state index contributed by atoms with van der Waals surface area (Å²) in [5.74, 6) is -0.982. The second kappa shape index (κ2) is 8.11. The van der Waals surface area contributed by atoms with Crippen molar-refractivity contribution in [1.82, 2.24) is 15.6 Å². The molecule has 0 saturated carbocycles. The summed E-state index contributed by atoms with van der Waals surface area (Å²) in [7, 11) is -3.62. The molecule has 2 rings (SSSR count). The third kappa shape index (κ3) is 4.90. The van der Waals surface area contributed by atoms with Gasteiger partial charge >= 0.3 is 0 Å². The Kier molecular flexibility index (Phi) is 6.12. The first-order valence-corrected chi connectivity index (χ1v) is 9.48. The van der Waals surface area contributed by atoms with Gasteiger partial charge in [0.15, 0.2) is 0 Å². The average Bonchev–Trinajstić information content (AvgIpc) is 2.59. The molecule has 0 spiro atoms. The predicted molar refractivity (Wildman–Crippen MR) is 98.0 cm³/mol. The van der Waals surface area contributed by atoms with Gasteiger partial charge in [-0.2, -0.15) is 0 Å². The molecule has 2 aromatic rings. The van der Waals surface area contributed by atoms with Gasteiger partial charge in [-0.25, -0.2) is 13.1 Å². The van der Waals surface area contributed by atoms with E-state index in [1.807, 2.05) is 6.07 Å². The van der Waals surface area contributed by atoms with Crippen molar-refractivity contribution in [3.05, 3.63) is 65.2 Å². The summed E-state index contributed by atoms with van der Waals surface area (Å²) in [6.07, 6.45) is 0. The molecule has 26 heavy (non-hydrogen) atoms. The number of nitrogens with one attached hydrogen (secondary N) is 3. The molecule has 0 aliphatic heterocycles. The number of carbonyl (C=O) groups is 2. The van der Waals surface area contributed by atoms with Gasteiger partial charge in [0.2, 0.25) is 10.0 Å². The number of aryl methyl sites for hydroxylation is 1. The minimum Gasteiger partial charge on any atom is -0.267 e. The molecule has 2 amide bonds. The fourth-order valence-corrected chi connectivity index (χ4v) is 3.50. The van der Waals surface area contributed by atoms with Crippen LogP contribution in [-0.2, 0) is 10.0 Å². The molecule has 0 bridgehead atoms. The minimum absolute atomic E-state index is 0.0618. The van der Waals surface area contributed by atoms with Gasteiger partial charge in [0.25, 0.3) is 11.8 Å². The smallest absolute Gasteiger partial charge is 0.267 e. The molecule has 7 nitrogen and oxygen atoms in total. The maximum absolute atomic E-state index is 12.1. The van der Waals surface area contributed by atoms with Gasteiger partial charge in [-0.15, -0.1) is 0 Å². The van der Waals surface area contributed by atoms with Crippen LogP contribution in [0.25, 0.3) is 0 Å². The highest BCUT2D eigenvalue weighted by Crippen LogP contribution is 2.11. The number of sulfonamides is 1. The molecule has 8 heteroatoms. The number of benzene rings is 2. The zero-order chi connectivity index (χ0) is 19.3. The Morgan fingerprint density at radius 2 is 1.46 bits per heavy atom. The van der Waals surface area contributed by atoms with Crippen LogP contribution in [0.4, 0.5) is 0 Å². The highest BCUT2D eigenvalue weighted by Gasteiger charge is 2.16. The number of hydrogen-bond acceptors (Lipinski definition) is 4. The molecule has 0 saturated heterocycles.